The molecule has 0 amide bonds. The first-order chi connectivity index (χ1) is 10.5. The van der Waals surface area contributed by atoms with E-state index in [1.54, 1.807) is 23.5 Å². The Morgan fingerprint density at radius 3 is 2.64 bits per heavy atom. The molecule has 0 aliphatic heterocycles. The van der Waals surface area contributed by atoms with Gasteiger partial charge in [0.2, 0.25) is 0 Å². The third-order valence-electron chi connectivity index (χ3n) is 4.17. The highest BCUT2D eigenvalue weighted by Crippen LogP contribution is 2.34. The monoisotopic (exact) mass is 340 g/mol. The fourth-order valence-corrected chi connectivity index (χ4v) is 5.71. The maximum Gasteiger partial charge on any atom is 0.252 e. The molecule has 0 N–H and O–H groups in total. The number of rotatable bonds is 4. The second-order valence-electron chi connectivity index (χ2n) is 5.76. The van der Waals surface area contributed by atoms with Crippen LogP contribution in [0.4, 0.5) is 0 Å². The van der Waals surface area contributed by atoms with E-state index in [-0.39, 0.29) is 6.04 Å². The summed E-state index contributed by atoms with van der Waals surface area (Å²) in [5.74, 6) is 0.615. The van der Waals surface area contributed by atoms with E-state index >= 15 is 0 Å². The largest absolute Gasteiger partial charge is 0.355 e. The Morgan fingerprint density at radius 1 is 1.27 bits per heavy atom. The molecule has 1 aliphatic carbocycles. The van der Waals surface area contributed by atoms with Crippen molar-refractivity contribution in [1.29, 1.82) is 0 Å². The molecule has 0 unspecified atom stereocenters. The van der Waals surface area contributed by atoms with Gasteiger partial charge in [-0.05, 0) is 31.9 Å². The molecule has 1 aliphatic rings. The maximum atomic E-state index is 12.8. The van der Waals surface area contributed by atoms with Gasteiger partial charge < -0.3 is 4.52 Å². The van der Waals surface area contributed by atoms with Crippen LogP contribution in [0.15, 0.2) is 26.9 Å². The van der Waals surface area contributed by atoms with Gasteiger partial charge in [0.05, 0.1) is 10.6 Å². The zero-order chi connectivity index (χ0) is 15.7. The van der Waals surface area contributed by atoms with E-state index < -0.39 is 10.0 Å². The van der Waals surface area contributed by atoms with Gasteiger partial charge >= 0.3 is 0 Å². The van der Waals surface area contributed by atoms with Gasteiger partial charge in [-0.15, -0.1) is 11.3 Å². The van der Waals surface area contributed by atoms with Crippen molar-refractivity contribution >= 4 is 21.4 Å². The predicted molar refractivity (Wildman–Crippen MR) is 86.4 cm³/mol. The topological polar surface area (TPSA) is 63.4 Å². The molecular formula is C15H20N2O3S2. The van der Waals surface area contributed by atoms with Crippen molar-refractivity contribution in [1.82, 2.24) is 9.46 Å². The number of aryl methyl sites for hydroxylation is 1. The van der Waals surface area contributed by atoms with Crippen LogP contribution in [-0.2, 0) is 10.0 Å². The fraction of sp³-hybridized carbons (Fsp3) is 0.533. The van der Waals surface area contributed by atoms with Crippen molar-refractivity contribution in [3.63, 3.8) is 0 Å². The van der Waals surface area contributed by atoms with Crippen molar-refractivity contribution in [3.8, 4) is 10.6 Å². The first kappa shape index (κ1) is 15.7. The molecule has 120 valence electrons. The van der Waals surface area contributed by atoms with Gasteiger partial charge in [0.15, 0.2) is 5.76 Å². The van der Waals surface area contributed by atoms with Crippen LogP contribution in [0.5, 0.6) is 0 Å². The van der Waals surface area contributed by atoms with Crippen LogP contribution < -0.4 is 0 Å². The third kappa shape index (κ3) is 2.98. The Labute approximate surface area is 135 Å². The quantitative estimate of drug-likeness (QED) is 0.852. The van der Waals surface area contributed by atoms with E-state index in [0.29, 0.717) is 9.97 Å². The summed E-state index contributed by atoms with van der Waals surface area (Å²) in [6, 6.07) is 5.38. The molecule has 2 aromatic rings. The third-order valence-corrected chi connectivity index (χ3v) is 7.65. The van der Waals surface area contributed by atoms with Gasteiger partial charge in [-0.2, -0.15) is 4.31 Å². The zero-order valence-electron chi connectivity index (χ0n) is 12.8. The van der Waals surface area contributed by atoms with Crippen LogP contribution in [0.25, 0.3) is 10.6 Å². The van der Waals surface area contributed by atoms with E-state index in [9.17, 15) is 8.42 Å². The molecule has 22 heavy (non-hydrogen) atoms. The molecule has 0 saturated heterocycles. The standard InChI is InChI=1S/C15H20N2O3S2/c1-11-10-13(20-16-11)14-8-9-15(21-14)22(18,19)17(2)12-6-4-3-5-7-12/h8-10,12H,3-7H2,1-2H3. The predicted octanol–water partition coefficient (Wildman–Crippen LogP) is 3.66. The summed E-state index contributed by atoms with van der Waals surface area (Å²) in [5.41, 5.74) is 0.784. The molecule has 0 radical (unpaired) electrons. The van der Waals surface area contributed by atoms with E-state index in [1.807, 2.05) is 13.0 Å². The molecule has 0 atom stereocenters. The molecule has 2 heterocycles. The molecule has 3 rings (SSSR count). The number of nitrogens with zero attached hydrogens (tertiary/aromatic N) is 2. The lowest BCUT2D eigenvalue weighted by Crippen LogP contribution is -2.37. The molecule has 1 saturated carbocycles. The molecule has 0 bridgehead atoms. The van der Waals surface area contributed by atoms with Gasteiger partial charge in [-0.25, -0.2) is 8.42 Å². The number of thiophene rings is 1. The normalized spacial score (nSPS) is 17.2. The molecule has 0 aromatic carbocycles. The SMILES string of the molecule is Cc1cc(-c2ccc(S(=O)(=O)N(C)C3CCCCC3)s2)on1. The summed E-state index contributed by atoms with van der Waals surface area (Å²) in [7, 11) is -1.73. The van der Waals surface area contributed by atoms with Crippen LogP contribution >= 0.6 is 11.3 Å². The Bertz CT molecular complexity index is 742. The van der Waals surface area contributed by atoms with Crippen LogP contribution in [0.2, 0.25) is 0 Å². The first-order valence-corrected chi connectivity index (χ1v) is 9.76. The summed E-state index contributed by atoms with van der Waals surface area (Å²) in [4.78, 5) is 0.788. The second-order valence-corrected chi connectivity index (χ2v) is 9.07. The molecule has 5 nitrogen and oxygen atoms in total. The fourth-order valence-electron chi connectivity index (χ4n) is 2.85. The summed E-state index contributed by atoms with van der Waals surface area (Å²) in [6.07, 6.45) is 5.33. The van der Waals surface area contributed by atoms with Gasteiger partial charge in [0.1, 0.15) is 4.21 Å². The highest BCUT2D eigenvalue weighted by atomic mass is 32.2. The Kier molecular flexibility index (Phi) is 4.38. The van der Waals surface area contributed by atoms with Crippen LogP contribution in [0.3, 0.4) is 0 Å². The number of sulfonamides is 1. The number of hydrogen-bond donors (Lipinski definition) is 0. The van der Waals surface area contributed by atoms with Gasteiger partial charge in [-0.3, -0.25) is 0 Å². The first-order valence-electron chi connectivity index (χ1n) is 7.50. The average molecular weight is 340 g/mol. The number of hydrogen-bond acceptors (Lipinski definition) is 5. The van der Waals surface area contributed by atoms with Crippen LogP contribution in [0, 0.1) is 6.92 Å². The summed E-state index contributed by atoms with van der Waals surface area (Å²) in [5, 5.41) is 3.84. The summed E-state index contributed by atoms with van der Waals surface area (Å²) < 4.78 is 32.7. The summed E-state index contributed by atoms with van der Waals surface area (Å²) in [6.45, 7) is 1.84. The minimum Gasteiger partial charge on any atom is -0.355 e. The van der Waals surface area contributed by atoms with Crippen molar-refractivity contribution in [2.75, 3.05) is 7.05 Å². The van der Waals surface area contributed by atoms with E-state index in [4.69, 9.17) is 4.52 Å². The van der Waals surface area contributed by atoms with Crippen LogP contribution in [-0.4, -0.2) is 31.0 Å². The van der Waals surface area contributed by atoms with Crippen LogP contribution in [0.1, 0.15) is 37.8 Å². The molecule has 2 aromatic heterocycles. The average Bonchev–Trinajstić information content (AvgIpc) is 3.16. The van der Waals surface area contributed by atoms with Gasteiger partial charge in [0, 0.05) is 19.2 Å². The minimum absolute atomic E-state index is 0.122. The van der Waals surface area contributed by atoms with E-state index in [1.165, 1.54) is 17.8 Å². The van der Waals surface area contributed by atoms with Crippen molar-refractivity contribution < 1.29 is 12.9 Å². The Morgan fingerprint density at radius 2 is 2.00 bits per heavy atom. The smallest absolute Gasteiger partial charge is 0.252 e. The lowest BCUT2D eigenvalue weighted by Gasteiger charge is -2.29. The molecule has 1 fully saturated rings. The van der Waals surface area contributed by atoms with Crippen molar-refractivity contribution in [2.24, 2.45) is 0 Å². The van der Waals surface area contributed by atoms with Crippen molar-refractivity contribution in [3.05, 3.63) is 23.9 Å². The van der Waals surface area contributed by atoms with E-state index in [2.05, 4.69) is 5.16 Å². The second kappa shape index (κ2) is 6.14. The lowest BCUT2D eigenvalue weighted by molar-refractivity contribution is 0.286. The highest BCUT2D eigenvalue weighted by molar-refractivity contribution is 7.91. The van der Waals surface area contributed by atoms with E-state index in [0.717, 1.165) is 36.3 Å². The zero-order valence-corrected chi connectivity index (χ0v) is 14.4. The Hall–Kier alpha value is -1.18. The molecular weight excluding hydrogens is 320 g/mol. The molecule has 0 spiro atoms. The maximum absolute atomic E-state index is 12.8. The Balaban J connectivity index is 1.84. The van der Waals surface area contributed by atoms with Gasteiger partial charge in [0.25, 0.3) is 10.0 Å². The number of aromatic nitrogens is 1. The lowest BCUT2D eigenvalue weighted by atomic mass is 9.96. The van der Waals surface area contributed by atoms with Crippen molar-refractivity contribution in [2.45, 2.75) is 49.3 Å². The highest BCUT2D eigenvalue weighted by Gasteiger charge is 2.30. The molecule has 7 heteroatoms. The summed E-state index contributed by atoms with van der Waals surface area (Å²) >= 11 is 1.24. The van der Waals surface area contributed by atoms with Gasteiger partial charge in [-0.1, -0.05) is 24.4 Å². The minimum atomic E-state index is -3.43.